The van der Waals surface area contributed by atoms with Crippen LogP contribution < -0.4 is 0 Å². The molecule has 1 aliphatic rings. The van der Waals surface area contributed by atoms with Gasteiger partial charge in [0.25, 0.3) is 0 Å². The van der Waals surface area contributed by atoms with Crippen LogP contribution in [0.15, 0.2) is 5.16 Å². The molecule has 0 saturated heterocycles. The van der Waals surface area contributed by atoms with E-state index in [-0.39, 0.29) is 10.9 Å². The summed E-state index contributed by atoms with van der Waals surface area (Å²) in [5.41, 5.74) is -0.179. The highest BCUT2D eigenvalue weighted by Crippen LogP contribution is 2.28. The normalized spacial score (nSPS) is 18.7. The van der Waals surface area contributed by atoms with E-state index >= 15 is 0 Å². The number of halogens is 1. The average Bonchev–Trinajstić information content (AvgIpc) is 2.69. The van der Waals surface area contributed by atoms with Crippen LogP contribution in [0.2, 0.25) is 5.28 Å². The quantitative estimate of drug-likeness (QED) is 0.869. The molecule has 15 heavy (non-hydrogen) atoms. The summed E-state index contributed by atoms with van der Waals surface area (Å²) in [6.07, 6.45) is 0.833. The van der Waals surface area contributed by atoms with Gasteiger partial charge in [-0.15, -0.1) is 5.10 Å². The van der Waals surface area contributed by atoms with Crippen molar-refractivity contribution >= 4 is 28.4 Å². The number of hydrogen-bond acceptors (Lipinski definition) is 5. The Kier molecular flexibility index (Phi) is 2.88. The summed E-state index contributed by atoms with van der Waals surface area (Å²) in [6.45, 7) is 4.02. The van der Waals surface area contributed by atoms with E-state index in [0.717, 1.165) is 17.3 Å². The third kappa shape index (κ3) is 2.85. The summed E-state index contributed by atoms with van der Waals surface area (Å²) in [7, 11) is 0. The highest BCUT2D eigenvalue weighted by Gasteiger charge is 2.29. The fourth-order valence-corrected chi connectivity index (χ4v) is 2.29. The van der Waals surface area contributed by atoms with Crippen LogP contribution in [0.1, 0.15) is 26.1 Å². The molecule has 0 spiro atoms. The van der Waals surface area contributed by atoms with E-state index in [2.05, 4.69) is 20.3 Å². The number of H-pyrrole nitrogens is 1. The van der Waals surface area contributed by atoms with Crippen molar-refractivity contribution in [3.63, 3.8) is 0 Å². The molecule has 0 fully saturated rings. The zero-order valence-corrected chi connectivity index (χ0v) is 10.0. The SMILES string of the molecule is CC1(C)CC(SCc2nc(Cl)n[nH]2)=NO1. The van der Waals surface area contributed by atoms with Crippen molar-refractivity contribution < 1.29 is 4.84 Å². The lowest BCUT2D eigenvalue weighted by atomic mass is 10.1. The van der Waals surface area contributed by atoms with Crippen molar-refractivity contribution in [2.45, 2.75) is 31.6 Å². The zero-order chi connectivity index (χ0) is 10.9. The maximum absolute atomic E-state index is 5.58. The Morgan fingerprint density at radius 1 is 1.60 bits per heavy atom. The number of rotatable bonds is 2. The Balaban J connectivity index is 1.85. The van der Waals surface area contributed by atoms with Gasteiger partial charge in [0.2, 0.25) is 5.28 Å². The maximum atomic E-state index is 5.58. The van der Waals surface area contributed by atoms with Crippen molar-refractivity contribution in [2.75, 3.05) is 0 Å². The minimum absolute atomic E-state index is 0.179. The van der Waals surface area contributed by atoms with E-state index < -0.39 is 0 Å². The highest BCUT2D eigenvalue weighted by molar-refractivity contribution is 8.13. The smallest absolute Gasteiger partial charge is 0.242 e. The van der Waals surface area contributed by atoms with Crippen molar-refractivity contribution in [3.05, 3.63) is 11.1 Å². The fraction of sp³-hybridized carbons (Fsp3) is 0.625. The fourth-order valence-electron chi connectivity index (χ4n) is 1.17. The largest absolute Gasteiger partial charge is 0.389 e. The van der Waals surface area contributed by atoms with Crippen molar-refractivity contribution in [3.8, 4) is 0 Å². The molecule has 0 atom stereocenters. The van der Waals surface area contributed by atoms with Gasteiger partial charge in [-0.3, -0.25) is 5.10 Å². The summed E-state index contributed by atoms with van der Waals surface area (Å²) in [5.74, 6) is 1.43. The van der Waals surface area contributed by atoms with E-state index in [4.69, 9.17) is 16.4 Å². The molecule has 0 radical (unpaired) electrons. The van der Waals surface area contributed by atoms with Crippen LogP contribution in [0.3, 0.4) is 0 Å². The summed E-state index contributed by atoms with van der Waals surface area (Å²) in [4.78, 5) is 9.23. The van der Waals surface area contributed by atoms with Crippen LogP contribution in [0.25, 0.3) is 0 Å². The zero-order valence-electron chi connectivity index (χ0n) is 8.45. The first-order valence-electron chi connectivity index (χ1n) is 4.50. The molecular formula is C8H11ClN4OS. The van der Waals surface area contributed by atoms with E-state index in [1.54, 1.807) is 11.8 Å². The second-order valence-corrected chi connectivity index (χ2v) is 5.24. The van der Waals surface area contributed by atoms with E-state index in [9.17, 15) is 0 Å². The highest BCUT2D eigenvalue weighted by atomic mass is 35.5. The second-order valence-electron chi connectivity index (χ2n) is 3.85. The van der Waals surface area contributed by atoms with Gasteiger partial charge in [-0.2, -0.15) is 0 Å². The third-order valence-corrected chi connectivity index (χ3v) is 2.99. The molecule has 0 aromatic carbocycles. The first-order valence-corrected chi connectivity index (χ1v) is 5.86. The summed E-state index contributed by atoms with van der Waals surface area (Å²) >= 11 is 7.17. The number of aromatic nitrogens is 3. The average molecular weight is 247 g/mol. The Morgan fingerprint density at radius 2 is 2.40 bits per heavy atom. The maximum Gasteiger partial charge on any atom is 0.242 e. The molecule has 2 rings (SSSR count). The number of nitrogens with one attached hydrogen (secondary N) is 1. The minimum atomic E-state index is -0.179. The van der Waals surface area contributed by atoms with Crippen molar-refractivity contribution in [1.29, 1.82) is 0 Å². The topological polar surface area (TPSA) is 63.2 Å². The van der Waals surface area contributed by atoms with Gasteiger partial charge in [0.15, 0.2) is 0 Å². The van der Waals surface area contributed by atoms with Gasteiger partial charge in [-0.25, -0.2) is 4.98 Å². The molecule has 0 aliphatic carbocycles. The summed E-state index contributed by atoms with van der Waals surface area (Å²) in [6, 6.07) is 0. The molecule has 1 aliphatic heterocycles. The first-order chi connectivity index (χ1) is 7.05. The van der Waals surface area contributed by atoms with E-state index in [0.29, 0.717) is 5.75 Å². The van der Waals surface area contributed by atoms with Gasteiger partial charge in [0, 0.05) is 6.42 Å². The van der Waals surface area contributed by atoms with Crippen LogP contribution in [-0.4, -0.2) is 25.8 Å². The lowest BCUT2D eigenvalue weighted by Crippen LogP contribution is -2.18. The van der Waals surface area contributed by atoms with Gasteiger partial charge in [-0.05, 0) is 25.4 Å². The van der Waals surface area contributed by atoms with Crippen LogP contribution in [0, 0.1) is 0 Å². The number of oxime groups is 1. The van der Waals surface area contributed by atoms with Crippen molar-refractivity contribution in [2.24, 2.45) is 5.16 Å². The Morgan fingerprint density at radius 3 is 2.93 bits per heavy atom. The van der Waals surface area contributed by atoms with Gasteiger partial charge in [-0.1, -0.05) is 16.9 Å². The molecular weight excluding hydrogens is 236 g/mol. The summed E-state index contributed by atoms with van der Waals surface area (Å²) < 4.78 is 0. The number of aromatic amines is 1. The number of nitrogens with zero attached hydrogens (tertiary/aromatic N) is 3. The van der Waals surface area contributed by atoms with Crippen LogP contribution in [0.5, 0.6) is 0 Å². The predicted molar refractivity (Wildman–Crippen MR) is 59.9 cm³/mol. The predicted octanol–water partition coefficient (Wildman–Crippen LogP) is 2.20. The van der Waals surface area contributed by atoms with E-state index in [1.807, 2.05) is 13.8 Å². The van der Waals surface area contributed by atoms with E-state index in [1.165, 1.54) is 0 Å². The lowest BCUT2D eigenvalue weighted by Gasteiger charge is -2.12. The second kappa shape index (κ2) is 4.02. The molecule has 0 saturated carbocycles. The molecule has 1 N–H and O–H groups in total. The Labute approximate surface area is 96.6 Å². The van der Waals surface area contributed by atoms with Gasteiger partial charge < -0.3 is 4.84 Å². The minimum Gasteiger partial charge on any atom is -0.389 e. The molecule has 5 nitrogen and oxygen atoms in total. The van der Waals surface area contributed by atoms with Gasteiger partial charge in [0.05, 0.1) is 5.75 Å². The molecule has 0 unspecified atom stereocenters. The summed E-state index contributed by atoms with van der Waals surface area (Å²) in [5, 5.41) is 11.7. The van der Waals surface area contributed by atoms with Gasteiger partial charge >= 0.3 is 0 Å². The number of hydrogen-bond donors (Lipinski definition) is 1. The van der Waals surface area contributed by atoms with Crippen LogP contribution in [0.4, 0.5) is 0 Å². The molecule has 1 aromatic rings. The molecule has 1 aromatic heterocycles. The Hall–Kier alpha value is -0.750. The third-order valence-electron chi connectivity index (χ3n) is 1.85. The lowest BCUT2D eigenvalue weighted by molar-refractivity contribution is 0.0123. The standard InChI is InChI=1S/C8H11ClN4OS/c1-8(2)3-6(13-14-8)15-4-5-10-7(9)12-11-5/h3-4H2,1-2H3,(H,10,11,12). The van der Waals surface area contributed by atoms with Gasteiger partial charge in [0.1, 0.15) is 16.5 Å². The molecule has 82 valence electrons. The molecule has 7 heteroatoms. The number of thioether (sulfide) groups is 1. The first kappa shape index (κ1) is 10.8. The monoisotopic (exact) mass is 246 g/mol. The van der Waals surface area contributed by atoms with Crippen molar-refractivity contribution in [1.82, 2.24) is 15.2 Å². The molecule has 2 heterocycles. The Bertz CT molecular complexity index is 390. The van der Waals surface area contributed by atoms with Crippen LogP contribution >= 0.6 is 23.4 Å². The van der Waals surface area contributed by atoms with Crippen LogP contribution in [-0.2, 0) is 10.6 Å². The molecule has 0 amide bonds. The molecule has 0 bridgehead atoms.